The summed E-state index contributed by atoms with van der Waals surface area (Å²) in [5.74, 6) is -1.65. The first-order chi connectivity index (χ1) is 13.3. The van der Waals surface area contributed by atoms with Crippen LogP contribution < -0.4 is 4.72 Å². The number of nitrogens with one attached hydrogen (secondary N) is 1. The first-order valence-corrected chi connectivity index (χ1v) is 11.0. The van der Waals surface area contributed by atoms with E-state index in [0.717, 1.165) is 21.8 Å². The molecule has 29 heavy (non-hydrogen) atoms. The van der Waals surface area contributed by atoms with Gasteiger partial charge in [0, 0.05) is 28.2 Å². The Bertz CT molecular complexity index is 1130. The van der Waals surface area contributed by atoms with Crippen molar-refractivity contribution in [2.45, 2.75) is 22.1 Å². The third-order valence-electron chi connectivity index (χ3n) is 4.72. The van der Waals surface area contributed by atoms with Crippen LogP contribution in [-0.4, -0.2) is 30.0 Å². The summed E-state index contributed by atoms with van der Waals surface area (Å²) in [5, 5.41) is 10.3. The number of thiophene rings is 1. The predicted molar refractivity (Wildman–Crippen MR) is 114 cm³/mol. The van der Waals surface area contributed by atoms with E-state index in [9.17, 15) is 18.3 Å². The summed E-state index contributed by atoms with van der Waals surface area (Å²) < 4.78 is 28.2. The molecule has 0 saturated heterocycles. The molecule has 2 heterocycles. The molecule has 1 aromatic carbocycles. The van der Waals surface area contributed by atoms with E-state index >= 15 is 0 Å². The van der Waals surface area contributed by atoms with Crippen LogP contribution in [-0.2, 0) is 14.8 Å². The Hall–Kier alpha value is -1.97. The number of aliphatic carboxylic acids is 1. The number of nitrogens with zero attached hydrogens (tertiary/aromatic N) is 1. The molecule has 1 aliphatic rings. The number of sulfonamides is 1. The van der Waals surface area contributed by atoms with Gasteiger partial charge in [-0.2, -0.15) is 4.72 Å². The lowest BCUT2D eigenvalue weighted by Crippen LogP contribution is -2.44. The van der Waals surface area contributed by atoms with E-state index in [4.69, 9.17) is 11.6 Å². The maximum Gasteiger partial charge on any atom is 0.325 e. The topological polar surface area (TPSA) is 96.4 Å². The number of carboxylic acids is 1. The van der Waals surface area contributed by atoms with Crippen LogP contribution in [0.3, 0.4) is 0 Å². The van der Waals surface area contributed by atoms with Gasteiger partial charge in [-0.15, -0.1) is 23.7 Å². The number of hydrogen-bond acceptors (Lipinski definition) is 5. The zero-order valence-electron chi connectivity index (χ0n) is 14.8. The fourth-order valence-electron chi connectivity index (χ4n) is 3.16. The van der Waals surface area contributed by atoms with Crippen molar-refractivity contribution in [3.8, 4) is 10.4 Å². The molecule has 2 atom stereocenters. The molecule has 0 radical (unpaired) electrons. The molecular formula is C19H16Cl2N2O4S2. The predicted octanol–water partition coefficient (Wildman–Crippen LogP) is 4.17. The van der Waals surface area contributed by atoms with Crippen molar-refractivity contribution < 1.29 is 18.3 Å². The minimum Gasteiger partial charge on any atom is -0.480 e. The van der Waals surface area contributed by atoms with Crippen LogP contribution >= 0.6 is 35.3 Å². The van der Waals surface area contributed by atoms with E-state index in [1.54, 1.807) is 54.9 Å². The van der Waals surface area contributed by atoms with Gasteiger partial charge >= 0.3 is 5.97 Å². The quantitative estimate of drug-likeness (QED) is 0.563. The number of halogens is 2. The van der Waals surface area contributed by atoms with Crippen LogP contribution in [0.5, 0.6) is 0 Å². The molecule has 3 aromatic rings. The number of pyridine rings is 1. The van der Waals surface area contributed by atoms with Gasteiger partial charge in [0.2, 0.25) is 0 Å². The van der Waals surface area contributed by atoms with Gasteiger partial charge in [-0.3, -0.25) is 9.78 Å². The summed E-state index contributed by atoms with van der Waals surface area (Å²) in [7, 11) is -4.00. The van der Waals surface area contributed by atoms with Crippen molar-refractivity contribution in [1.29, 1.82) is 0 Å². The molecule has 0 bridgehead atoms. The summed E-state index contributed by atoms with van der Waals surface area (Å²) in [4.78, 5) is 16.6. The van der Waals surface area contributed by atoms with Gasteiger partial charge in [0.05, 0.1) is 0 Å². The van der Waals surface area contributed by atoms with Crippen molar-refractivity contribution >= 4 is 51.3 Å². The van der Waals surface area contributed by atoms with Crippen molar-refractivity contribution in [3.05, 3.63) is 71.5 Å². The standard InChI is InChI=1S/C19H15ClN2O4S2.ClH/c20-14-5-3-12(4-6-14)16-7-8-17(27-16)28(25,26)22-19(18(23)24)10-15(19)13-2-1-9-21-11-13;/h1-9,11,15,22H,10H2,(H,23,24);1H. The Morgan fingerprint density at radius 2 is 1.93 bits per heavy atom. The molecule has 0 amide bonds. The lowest BCUT2D eigenvalue weighted by Gasteiger charge is -2.14. The van der Waals surface area contributed by atoms with E-state index < -0.39 is 27.4 Å². The highest BCUT2D eigenvalue weighted by atomic mass is 35.5. The summed E-state index contributed by atoms with van der Waals surface area (Å²) >= 11 is 6.96. The summed E-state index contributed by atoms with van der Waals surface area (Å²) in [6.45, 7) is 0. The third kappa shape index (κ3) is 4.17. The number of aromatic nitrogens is 1. The highest BCUT2D eigenvalue weighted by Crippen LogP contribution is 2.52. The zero-order chi connectivity index (χ0) is 19.9. The normalized spacial score (nSPS) is 20.7. The molecule has 2 unspecified atom stereocenters. The Labute approximate surface area is 183 Å². The fourth-order valence-corrected chi connectivity index (χ4v) is 6.01. The van der Waals surface area contributed by atoms with Gasteiger partial charge in [-0.25, -0.2) is 8.42 Å². The van der Waals surface area contributed by atoms with E-state index in [1.807, 2.05) is 0 Å². The molecule has 0 aliphatic heterocycles. The molecular weight excluding hydrogens is 455 g/mol. The van der Waals surface area contributed by atoms with Gasteiger partial charge in [0.15, 0.2) is 0 Å². The Morgan fingerprint density at radius 3 is 2.55 bits per heavy atom. The van der Waals surface area contributed by atoms with Crippen LogP contribution in [0.15, 0.2) is 65.1 Å². The molecule has 0 spiro atoms. The van der Waals surface area contributed by atoms with Crippen LogP contribution in [0.1, 0.15) is 17.9 Å². The molecule has 1 aliphatic carbocycles. The van der Waals surface area contributed by atoms with Crippen LogP contribution in [0.2, 0.25) is 5.02 Å². The third-order valence-corrected chi connectivity index (χ3v) is 8.11. The van der Waals surface area contributed by atoms with Gasteiger partial charge in [0.25, 0.3) is 10.0 Å². The van der Waals surface area contributed by atoms with Crippen LogP contribution in [0, 0.1) is 0 Å². The first-order valence-electron chi connectivity index (χ1n) is 8.35. The van der Waals surface area contributed by atoms with E-state index in [2.05, 4.69) is 9.71 Å². The number of carbonyl (C=O) groups is 1. The highest BCUT2D eigenvalue weighted by molar-refractivity contribution is 7.91. The highest BCUT2D eigenvalue weighted by Gasteiger charge is 2.63. The number of carboxylic acid groups (broad SMARTS) is 1. The van der Waals surface area contributed by atoms with Crippen molar-refractivity contribution in [2.24, 2.45) is 0 Å². The molecule has 1 fully saturated rings. The number of benzene rings is 1. The average Bonchev–Trinajstić information content (AvgIpc) is 3.17. The second-order valence-electron chi connectivity index (χ2n) is 6.55. The second-order valence-corrected chi connectivity index (χ2v) is 9.98. The van der Waals surface area contributed by atoms with Crippen molar-refractivity contribution in [1.82, 2.24) is 9.71 Å². The minimum atomic E-state index is -4.00. The van der Waals surface area contributed by atoms with Gasteiger partial charge in [-0.05, 0) is 47.9 Å². The van der Waals surface area contributed by atoms with E-state index in [0.29, 0.717) is 10.6 Å². The van der Waals surface area contributed by atoms with Gasteiger partial charge < -0.3 is 5.11 Å². The first kappa shape index (κ1) is 21.7. The SMILES string of the molecule is Cl.O=C(O)C1(NS(=O)(=O)c2ccc(-c3ccc(Cl)cc3)s2)CC1c1cccnc1. The van der Waals surface area contributed by atoms with Crippen LogP contribution in [0.25, 0.3) is 10.4 Å². The van der Waals surface area contributed by atoms with Crippen molar-refractivity contribution in [2.75, 3.05) is 0 Å². The molecule has 152 valence electrons. The second kappa shape index (κ2) is 8.04. The Balaban J connectivity index is 0.00000240. The van der Waals surface area contributed by atoms with E-state index in [1.165, 1.54) is 6.07 Å². The largest absolute Gasteiger partial charge is 0.480 e. The minimum absolute atomic E-state index is 0. The Morgan fingerprint density at radius 1 is 1.21 bits per heavy atom. The van der Waals surface area contributed by atoms with Crippen LogP contribution in [0.4, 0.5) is 0 Å². The zero-order valence-corrected chi connectivity index (χ0v) is 18.0. The lowest BCUT2D eigenvalue weighted by atomic mass is 10.1. The fraction of sp³-hybridized carbons (Fsp3) is 0.158. The molecule has 2 N–H and O–H groups in total. The van der Waals surface area contributed by atoms with E-state index in [-0.39, 0.29) is 23.0 Å². The molecule has 10 heteroatoms. The molecule has 1 saturated carbocycles. The average molecular weight is 471 g/mol. The Kier molecular flexibility index (Phi) is 6.03. The maximum atomic E-state index is 12.9. The number of hydrogen-bond donors (Lipinski definition) is 2. The molecule has 4 rings (SSSR count). The maximum absolute atomic E-state index is 12.9. The summed E-state index contributed by atoms with van der Waals surface area (Å²) in [6, 6.07) is 13.7. The van der Waals surface area contributed by atoms with Gasteiger partial charge in [0.1, 0.15) is 9.75 Å². The molecule has 6 nitrogen and oxygen atoms in total. The monoisotopic (exact) mass is 470 g/mol. The van der Waals surface area contributed by atoms with Crippen molar-refractivity contribution in [3.63, 3.8) is 0 Å². The summed E-state index contributed by atoms with van der Waals surface area (Å²) in [5.41, 5.74) is -0.0177. The van der Waals surface area contributed by atoms with Gasteiger partial charge in [-0.1, -0.05) is 29.8 Å². The smallest absolute Gasteiger partial charge is 0.325 e. The molecule has 2 aromatic heterocycles. The lowest BCUT2D eigenvalue weighted by molar-refractivity contribution is -0.140. The number of rotatable bonds is 6. The summed E-state index contributed by atoms with van der Waals surface area (Å²) in [6.07, 6.45) is 3.33.